The third-order valence-corrected chi connectivity index (χ3v) is 8.02. The molecule has 8 nitrogen and oxygen atoms in total. The quantitative estimate of drug-likeness (QED) is 0.131. The van der Waals surface area contributed by atoms with E-state index >= 15 is 0 Å². The molecule has 2 N–H and O–H groups in total. The van der Waals surface area contributed by atoms with E-state index in [4.69, 9.17) is 4.98 Å². The number of carbonyl (C=O) groups excluding carboxylic acids is 1. The normalized spacial score (nSPS) is 11.7. The molecular weight excluding hydrogens is 591 g/mol. The van der Waals surface area contributed by atoms with Crippen LogP contribution in [-0.2, 0) is 12.6 Å². The molecule has 0 aliphatic heterocycles. The number of para-hydroxylation sites is 2. The van der Waals surface area contributed by atoms with Crippen molar-refractivity contribution in [2.24, 2.45) is 0 Å². The van der Waals surface area contributed by atoms with Crippen LogP contribution in [0, 0.1) is 6.92 Å². The lowest BCUT2D eigenvalue weighted by molar-refractivity contribution is -0.137. The van der Waals surface area contributed by atoms with Gasteiger partial charge in [-0.25, -0.2) is 15.0 Å². The molecule has 0 fully saturated rings. The van der Waals surface area contributed by atoms with Crippen LogP contribution in [0.15, 0.2) is 79.1 Å². The van der Waals surface area contributed by atoms with Gasteiger partial charge in [-0.05, 0) is 93.0 Å². The Morgan fingerprint density at radius 3 is 2.52 bits per heavy atom. The number of fused-ring (bicyclic) bond motifs is 1. The molecule has 0 spiro atoms. The minimum atomic E-state index is -4.51. The Bertz CT molecular complexity index is 1800. The number of hydrogen-bond acceptors (Lipinski definition) is 6. The van der Waals surface area contributed by atoms with Gasteiger partial charge in [-0.3, -0.25) is 9.36 Å². The summed E-state index contributed by atoms with van der Waals surface area (Å²) < 4.78 is 41.5. The Morgan fingerprint density at radius 1 is 0.935 bits per heavy atom. The summed E-state index contributed by atoms with van der Waals surface area (Å²) in [5, 5.41) is 6.02. The van der Waals surface area contributed by atoms with Gasteiger partial charge in [0.05, 0.1) is 16.6 Å². The van der Waals surface area contributed by atoms with Crippen molar-refractivity contribution in [3.8, 4) is 5.82 Å². The number of imidazole rings is 1. The number of unbranched alkanes of at least 4 members (excludes halogenated alkanes) is 1. The van der Waals surface area contributed by atoms with Crippen molar-refractivity contribution in [1.82, 2.24) is 24.4 Å². The molecule has 2 heterocycles. The van der Waals surface area contributed by atoms with Gasteiger partial charge < -0.3 is 15.5 Å². The van der Waals surface area contributed by atoms with E-state index in [0.29, 0.717) is 17.8 Å². The van der Waals surface area contributed by atoms with E-state index in [1.54, 1.807) is 12.1 Å². The fourth-order valence-electron chi connectivity index (χ4n) is 5.38. The summed E-state index contributed by atoms with van der Waals surface area (Å²) in [4.78, 5) is 29.5. The maximum Gasteiger partial charge on any atom is 0.416 e. The summed E-state index contributed by atoms with van der Waals surface area (Å²) in [6.45, 7) is 10.3. The maximum atomic E-state index is 13.2. The monoisotopic (exact) mass is 629 g/mol. The summed E-state index contributed by atoms with van der Waals surface area (Å²) in [7, 11) is 0. The average Bonchev–Trinajstić information content (AvgIpc) is 3.41. The average molecular weight is 630 g/mol. The first-order valence-electron chi connectivity index (χ1n) is 15.5. The second-order valence-electron chi connectivity index (χ2n) is 11.1. The highest BCUT2D eigenvalue weighted by Crippen LogP contribution is 2.31. The van der Waals surface area contributed by atoms with Gasteiger partial charge in [-0.1, -0.05) is 38.1 Å². The second-order valence-corrected chi connectivity index (χ2v) is 11.1. The van der Waals surface area contributed by atoms with Gasteiger partial charge in [0.25, 0.3) is 5.91 Å². The van der Waals surface area contributed by atoms with Crippen molar-refractivity contribution in [3.63, 3.8) is 0 Å². The largest absolute Gasteiger partial charge is 0.416 e. The standard InChI is InChI=1S/C35H38F3N7O/c1-4-44(5-2)18-9-8-17-39-31-22-32(41-23-40-31)45-30-14-7-6-13-29(30)43-33(45)20-26-19-25(16-15-24(26)3)34(46)42-28-12-10-11-27(21-28)35(36,37)38/h6-7,10-16,19,21-23H,4-5,8-9,17-18,20H2,1-3H3,(H,42,46)(H,39,40,41). The van der Waals surface area contributed by atoms with Crippen molar-refractivity contribution in [1.29, 1.82) is 0 Å². The molecule has 11 heteroatoms. The molecule has 0 saturated heterocycles. The van der Waals surface area contributed by atoms with E-state index in [1.807, 2.05) is 47.9 Å². The maximum absolute atomic E-state index is 13.2. The van der Waals surface area contributed by atoms with Crippen LogP contribution >= 0.6 is 0 Å². The van der Waals surface area contributed by atoms with Gasteiger partial charge in [0, 0.05) is 30.3 Å². The van der Waals surface area contributed by atoms with Crippen LogP contribution in [-0.4, -0.2) is 56.5 Å². The highest BCUT2D eigenvalue weighted by molar-refractivity contribution is 6.04. The molecule has 0 radical (unpaired) electrons. The summed E-state index contributed by atoms with van der Waals surface area (Å²) in [6, 6.07) is 19.6. The molecule has 1 amide bonds. The number of rotatable bonds is 13. The molecule has 240 valence electrons. The van der Waals surface area contributed by atoms with Gasteiger partial charge in [-0.15, -0.1) is 0 Å². The molecule has 0 aliphatic carbocycles. The topological polar surface area (TPSA) is 88.0 Å². The first-order valence-corrected chi connectivity index (χ1v) is 15.5. The number of nitrogens with one attached hydrogen (secondary N) is 2. The number of aromatic nitrogens is 4. The molecule has 5 rings (SSSR count). The molecule has 0 aliphatic rings. The van der Waals surface area contributed by atoms with Crippen molar-refractivity contribution in [2.45, 2.75) is 46.2 Å². The highest BCUT2D eigenvalue weighted by atomic mass is 19.4. The SMILES string of the molecule is CCN(CC)CCCCNc1cc(-n2c(Cc3cc(C(=O)Nc4cccc(C(F)(F)F)c4)ccc3C)nc3ccccc32)ncn1. The van der Waals surface area contributed by atoms with E-state index in [9.17, 15) is 18.0 Å². The van der Waals surface area contributed by atoms with E-state index in [0.717, 1.165) is 85.0 Å². The van der Waals surface area contributed by atoms with Crippen LogP contribution in [0.2, 0.25) is 0 Å². The van der Waals surface area contributed by atoms with Crippen LogP contribution < -0.4 is 10.6 Å². The second kappa shape index (κ2) is 14.6. The summed E-state index contributed by atoms with van der Waals surface area (Å²) in [5.41, 5.74) is 3.07. The number of amides is 1. The zero-order chi connectivity index (χ0) is 32.7. The number of halogens is 3. The molecule has 0 atom stereocenters. The minimum absolute atomic E-state index is 0.0702. The number of hydrogen-bond donors (Lipinski definition) is 2. The molecule has 2 aromatic heterocycles. The van der Waals surface area contributed by atoms with Gasteiger partial charge >= 0.3 is 6.18 Å². The minimum Gasteiger partial charge on any atom is -0.370 e. The Morgan fingerprint density at radius 2 is 1.74 bits per heavy atom. The van der Waals surface area contributed by atoms with E-state index in [1.165, 1.54) is 18.5 Å². The zero-order valence-electron chi connectivity index (χ0n) is 26.2. The van der Waals surface area contributed by atoms with E-state index in [-0.39, 0.29) is 5.69 Å². The predicted octanol–water partition coefficient (Wildman–Crippen LogP) is 7.52. The van der Waals surface area contributed by atoms with Crippen molar-refractivity contribution >= 4 is 28.4 Å². The first-order chi connectivity index (χ1) is 22.2. The van der Waals surface area contributed by atoms with Crippen LogP contribution in [0.3, 0.4) is 0 Å². The Labute approximate surface area is 266 Å². The van der Waals surface area contributed by atoms with Crippen LogP contribution in [0.5, 0.6) is 0 Å². The number of alkyl halides is 3. The van der Waals surface area contributed by atoms with E-state index < -0.39 is 17.6 Å². The fraction of sp³-hybridized carbons (Fsp3) is 0.314. The molecule has 5 aromatic rings. The molecule has 0 unspecified atom stereocenters. The number of aryl methyl sites for hydroxylation is 1. The lowest BCUT2D eigenvalue weighted by atomic mass is 10.0. The van der Waals surface area contributed by atoms with E-state index in [2.05, 4.69) is 39.3 Å². The smallest absolute Gasteiger partial charge is 0.370 e. The van der Waals surface area contributed by atoms with Gasteiger partial charge in [0.1, 0.15) is 23.8 Å². The number of carbonyl (C=O) groups is 1. The van der Waals surface area contributed by atoms with Gasteiger partial charge in [0.15, 0.2) is 0 Å². The predicted molar refractivity (Wildman–Crippen MR) is 176 cm³/mol. The summed E-state index contributed by atoms with van der Waals surface area (Å²) in [5.74, 6) is 1.61. The zero-order valence-corrected chi connectivity index (χ0v) is 26.2. The van der Waals surface area contributed by atoms with Crippen molar-refractivity contribution in [3.05, 3.63) is 107 Å². The Kier molecular flexibility index (Phi) is 10.3. The lowest BCUT2D eigenvalue weighted by Gasteiger charge is -2.17. The van der Waals surface area contributed by atoms with Crippen molar-refractivity contribution < 1.29 is 18.0 Å². The number of anilines is 2. The van der Waals surface area contributed by atoms with Gasteiger partial charge in [-0.2, -0.15) is 13.2 Å². The lowest BCUT2D eigenvalue weighted by Crippen LogP contribution is -2.24. The molecule has 0 saturated carbocycles. The molecule has 46 heavy (non-hydrogen) atoms. The Hall–Kier alpha value is -4.77. The molecule has 0 bridgehead atoms. The van der Waals surface area contributed by atoms with Crippen LogP contribution in [0.25, 0.3) is 16.9 Å². The summed E-state index contributed by atoms with van der Waals surface area (Å²) >= 11 is 0. The van der Waals surface area contributed by atoms with Crippen LogP contribution in [0.4, 0.5) is 24.7 Å². The molecular formula is C35H38F3N7O. The number of benzene rings is 3. The Balaban J connectivity index is 1.37. The summed E-state index contributed by atoms with van der Waals surface area (Å²) in [6.07, 6.45) is -0.459. The van der Waals surface area contributed by atoms with Crippen LogP contribution in [0.1, 0.15) is 59.6 Å². The fourth-order valence-corrected chi connectivity index (χ4v) is 5.38. The number of nitrogens with zero attached hydrogens (tertiary/aromatic N) is 5. The highest BCUT2D eigenvalue weighted by Gasteiger charge is 2.30. The van der Waals surface area contributed by atoms with Crippen molar-refractivity contribution in [2.75, 3.05) is 36.8 Å². The third kappa shape index (κ3) is 7.89. The van der Waals surface area contributed by atoms with Gasteiger partial charge in [0.2, 0.25) is 0 Å². The molecule has 3 aromatic carbocycles. The first kappa shape index (κ1) is 32.6. The third-order valence-electron chi connectivity index (χ3n) is 8.02.